The molecular formula is C10H22N2O2S. The van der Waals surface area contributed by atoms with Crippen molar-refractivity contribution in [1.82, 2.24) is 4.31 Å². The number of unbranched alkanes of at least 4 members (excludes halogenated alkanes) is 1. The molecule has 0 bridgehead atoms. The van der Waals surface area contributed by atoms with Crippen LogP contribution in [0.2, 0.25) is 0 Å². The van der Waals surface area contributed by atoms with Crippen molar-refractivity contribution < 1.29 is 8.42 Å². The number of hydrogen-bond acceptors (Lipinski definition) is 3. The van der Waals surface area contributed by atoms with E-state index in [0.29, 0.717) is 18.5 Å². The Morgan fingerprint density at radius 1 is 1.40 bits per heavy atom. The molecule has 1 saturated carbocycles. The third-order valence-corrected chi connectivity index (χ3v) is 4.92. The van der Waals surface area contributed by atoms with Gasteiger partial charge in [-0.05, 0) is 25.2 Å². The van der Waals surface area contributed by atoms with E-state index in [0.717, 1.165) is 25.7 Å². The van der Waals surface area contributed by atoms with E-state index in [1.807, 2.05) is 6.92 Å². The van der Waals surface area contributed by atoms with Crippen molar-refractivity contribution in [3.05, 3.63) is 0 Å². The molecule has 0 unspecified atom stereocenters. The molecule has 1 aliphatic carbocycles. The standard InChI is InChI=1S/C10H22N2O2S/c1-3-4-5-15(13,14)12(2)8-9-6-10(11)7-9/h9-10H,3-8,11H2,1-2H3. The minimum absolute atomic E-state index is 0.277. The van der Waals surface area contributed by atoms with Gasteiger partial charge in [0.25, 0.3) is 0 Å². The first kappa shape index (κ1) is 12.9. The zero-order valence-corrected chi connectivity index (χ0v) is 10.5. The largest absolute Gasteiger partial charge is 0.328 e. The van der Waals surface area contributed by atoms with Crippen LogP contribution in [0.5, 0.6) is 0 Å². The lowest BCUT2D eigenvalue weighted by Crippen LogP contribution is -2.43. The number of rotatable bonds is 6. The van der Waals surface area contributed by atoms with Crippen LogP contribution >= 0.6 is 0 Å². The summed E-state index contributed by atoms with van der Waals surface area (Å²) < 4.78 is 25.0. The molecule has 0 aromatic rings. The first-order valence-electron chi connectivity index (χ1n) is 5.65. The van der Waals surface area contributed by atoms with Crippen LogP contribution in [-0.4, -0.2) is 38.1 Å². The Hall–Kier alpha value is -0.130. The fourth-order valence-electron chi connectivity index (χ4n) is 1.90. The van der Waals surface area contributed by atoms with Gasteiger partial charge in [-0.25, -0.2) is 12.7 Å². The molecule has 0 saturated heterocycles. The zero-order chi connectivity index (χ0) is 11.5. The summed E-state index contributed by atoms with van der Waals surface area (Å²) in [6, 6.07) is 0.293. The van der Waals surface area contributed by atoms with E-state index >= 15 is 0 Å². The summed E-state index contributed by atoms with van der Waals surface area (Å²) in [4.78, 5) is 0. The van der Waals surface area contributed by atoms with Crippen LogP contribution < -0.4 is 5.73 Å². The summed E-state index contributed by atoms with van der Waals surface area (Å²) in [7, 11) is -1.34. The van der Waals surface area contributed by atoms with Crippen molar-refractivity contribution in [1.29, 1.82) is 0 Å². The molecule has 0 radical (unpaired) electrons. The van der Waals surface area contributed by atoms with Crippen molar-refractivity contribution in [3.63, 3.8) is 0 Å². The van der Waals surface area contributed by atoms with E-state index in [-0.39, 0.29) is 5.75 Å². The number of nitrogens with zero attached hydrogens (tertiary/aromatic N) is 1. The monoisotopic (exact) mass is 234 g/mol. The predicted octanol–water partition coefficient (Wildman–Crippen LogP) is 0.785. The molecule has 2 N–H and O–H groups in total. The van der Waals surface area contributed by atoms with E-state index in [9.17, 15) is 8.42 Å². The lowest BCUT2D eigenvalue weighted by Gasteiger charge is -2.34. The average Bonchev–Trinajstić information content (AvgIpc) is 2.12. The van der Waals surface area contributed by atoms with Gasteiger partial charge in [0.1, 0.15) is 0 Å². The third-order valence-electron chi connectivity index (χ3n) is 3.02. The van der Waals surface area contributed by atoms with Crippen molar-refractivity contribution in [2.45, 2.75) is 38.6 Å². The predicted molar refractivity (Wildman–Crippen MR) is 62.0 cm³/mol. The van der Waals surface area contributed by atoms with Crippen LogP contribution in [0.15, 0.2) is 0 Å². The molecule has 1 aliphatic rings. The zero-order valence-electron chi connectivity index (χ0n) is 9.65. The van der Waals surface area contributed by atoms with E-state index in [2.05, 4.69) is 0 Å². The van der Waals surface area contributed by atoms with E-state index in [1.54, 1.807) is 7.05 Å². The highest BCUT2D eigenvalue weighted by Gasteiger charge is 2.29. The molecule has 5 heteroatoms. The maximum absolute atomic E-state index is 11.7. The van der Waals surface area contributed by atoms with Gasteiger partial charge in [0.15, 0.2) is 0 Å². The number of nitrogens with two attached hydrogens (primary N) is 1. The second kappa shape index (κ2) is 5.27. The second-order valence-corrected chi connectivity index (χ2v) is 6.74. The molecule has 4 nitrogen and oxygen atoms in total. The molecular weight excluding hydrogens is 212 g/mol. The summed E-state index contributed by atoms with van der Waals surface area (Å²) in [6.07, 6.45) is 3.60. The normalized spacial score (nSPS) is 26.7. The van der Waals surface area contributed by atoms with Gasteiger partial charge in [0.05, 0.1) is 5.75 Å². The minimum atomic E-state index is -3.02. The van der Waals surface area contributed by atoms with Crippen LogP contribution in [0.1, 0.15) is 32.6 Å². The number of sulfonamides is 1. The third kappa shape index (κ3) is 3.74. The molecule has 0 spiro atoms. The van der Waals surface area contributed by atoms with Crippen LogP contribution in [0.4, 0.5) is 0 Å². The molecule has 0 amide bonds. The molecule has 0 atom stereocenters. The fourth-order valence-corrected chi connectivity index (χ4v) is 3.30. The molecule has 0 aliphatic heterocycles. The summed E-state index contributed by atoms with van der Waals surface area (Å²) in [6.45, 7) is 2.64. The van der Waals surface area contributed by atoms with Gasteiger partial charge in [-0.3, -0.25) is 0 Å². The Balaban J connectivity index is 2.35. The van der Waals surface area contributed by atoms with Crippen LogP contribution in [0, 0.1) is 5.92 Å². The highest BCUT2D eigenvalue weighted by molar-refractivity contribution is 7.89. The van der Waals surface area contributed by atoms with E-state index in [4.69, 9.17) is 5.73 Å². The SMILES string of the molecule is CCCCS(=O)(=O)N(C)CC1CC(N)C1. The lowest BCUT2D eigenvalue weighted by atomic mass is 9.81. The first-order valence-corrected chi connectivity index (χ1v) is 7.26. The Kier molecular flexibility index (Phi) is 4.55. The van der Waals surface area contributed by atoms with Gasteiger partial charge in [-0.2, -0.15) is 0 Å². The molecule has 1 fully saturated rings. The van der Waals surface area contributed by atoms with E-state index < -0.39 is 10.0 Å². The van der Waals surface area contributed by atoms with Gasteiger partial charge in [0.2, 0.25) is 10.0 Å². The Morgan fingerprint density at radius 2 is 2.00 bits per heavy atom. The second-order valence-electron chi connectivity index (χ2n) is 4.55. The van der Waals surface area contributed by atoms with Gasteiger partial charge < -0.3 is 5.73 Å². The molecule has 90 valence electrons. The Morgan fingerprint density at radius 3 is 2.47 bits per heavy atom. The first-order chi connectivity index (χ1) is 6.95. The van der Waals surface area contributed by atoms with E-state index in [1.165, 1.54) is 4.31 Å². The summed E-state index contributed by atoms with van der Waals surface area (Å²) in [5, 5.41) is 0. The molecule has 0 aromatic heterocycles. The average molecular weight is 234 g/mol. The van der Waals surface area contributed by atoms with Crippen molar-refractivity contribution in [3.8, 4) is 0 Å². The molecule has 0 heterocycles. The smallest absolute Gasteiger partial charge is 0.213 e. The quantitative estimate of drug-likeness (QED) is 0.739. The van der Waals surface area contributed by atoms with Gasteiger partial charge >= 0.3 is 0 Å². The lowest BCUT2D eigenvalue weighted by molar-refractivity contribution is 0.227. The highest BCUT2D eigenvalue weighted by Crippen LogP contribution is 2.26. The topological polar surface area (TPSA) is 63.4 Å². The van der Waals surface area contributed by atoms with Gasteiger partial charge in [-0.1, -0.05) is 13.3 Å². The minimum Gasteiger partial charge on any atom is -0.328 e. The van der Waals surface area contributed by atoms with Crippen molar-refractivity contribution in [2.75, 3.05) is 19.3 Å². The van der Waals surface area contributed by atoms with Crippen molar-refractivity contribution >= 4 is 10.0 Å². The van der Waals surface area contributed by atoms with Crippen LogP contribution in [0.25, 0.3) is 0 Å². The molecule has 1 rings (SSSR count). The maximum atomic E-state index is 11.7. The van der Waals surface area contributed by atoms with Crippen LogP contribution in [-0.2, 0) is 10.0 Å². The summed E-state index contributed by atoms with van der Waals surface area (Å²) in [5.41, 5.74) is 5.67. The molecule has 15 heavy (non-hydrogen) atoms. The number of hydrogen-bond donors (Lipinski definition) is 1. The Labute approximate surface area is 92.9 Å². The Bertz CT molecular complexity index is 284. The highest BCUT2D eigenvalue weighted by atomic mass is 32.2. The summed E-state index contributed by atoms with van der Waals surface area (Å²) in [5.74, 6) is 0.750. The fraction of sp³-hybridized carbons (Fsp3) is 1.00. The maximum Gasteiger partial charge on any atom is 0.213 e. The van der Waals surface area contributed by atoms with Crippen molar-refractivity contribution in [2.24, 2.45) is 11.7 Å². The molecule has 0 aromatic carbocycles. The van der Waals surface area contributed by atoms with Gasteiger partial charge in [0, 0.05) is 19.6 Å². The van der Waals surface area contributed by atoms with Gasteiger partial charge in [-0.15, -0.1) is 0 Å². The summed E-state index contributed by atoms with van der Waals surface area (Å²) >= 11 is 0. The van der Waals surface area contributed by atoms with Crippen LogP contribution in [0.3, 0.4) is 0 Å².